The standard InChI is InChI=1S/C11H15NO6/c13-3-1-2-12-10(16)4-5(11(12)17)9-7(15)6(14)8(4)18-9/h4-9,13-15H,1-3H2. The number of carbonyl (C=O) groups excluding carboxylic acids is 2. The molecule has 3 fully saturated rings. The summed E-state index contributed by atoms with van der Waals surface area (Å²) >= 11 is 0. The molecule has 7 heteroatoms. The van der Waals surface area contributed by atoms with Gasteiger partial charge in [0.15, 0.2) is 0 Å². The lowest BCUT2D eigenvalue weighted by Crippen LogP contribution is -2.47. The van der Waals surface area contributed by atoms with Crippen molar-refractivity contribution >= 4 is 11.8 Å². The van der Waals surface area contributed by atoms with Gasteiger partial charge in [0.25, 0.3) is 0 Å². The Kier molecular flexibility index (Phi) is 2.67. The highest BCUT2D eigenvalue weighted by Crippen LogP contribution is 2.48. The van der Waals surface area contributed by atoms with Gasteiger partial charge in [0.1, 0.15) is 12.2 Å². The van der Waals surface area contributed by atoms with Gasteiger partial charge in [-0.3, -0.25) is 14.5 Å². The molecule has 0 aromatic rings. The van der Waals surface area contributed by atoms with Crippen LogP contribution >= 0.6 is 0 Å². The number of hydrogen-bond donors (Lipinski definition) is 3. The molecule has 2 bridgehead atoms. The number of nitrogens with zero attached hydrogens (tertiary/aromatic N) is 1. The van der Waals surface area contributed by atoms with Crippen LogP contribution < -0.4 is 0 Å². The highest BCUT2D eigenvalue weighted by molar-refractivity contribution is 6.06. The quantitative estimate of drug-likeness (QED) is 0.481. The van der Waals surface area contributed by atoms with Crippen molar-refractivity contribution in [2.75, 3.05) is 13.2 Å². The third-order valence-corrected chi connectivity index (χ3v) is 4.07. The lowest BCUT2D eigenvalue weighted by molar-refractivity contribution is -0.143. The maximum atomic E-state index is 12.1. The number of hydrogen-bond acceptors (Lipinski definition) is 6. The number of carbonyl (C=O) groups is 2. The summed E-state index contributed by atoms with van der Waals surface area (Å²) in [5, 5.41) is 28.2. The summed E-state index contributed by atoms with van der Waals surface area (Å²) in [5.74, 6) is -2.09. The second-order valence-corrected chi connectivity index (χ2v) is 5.00. The highest BCUT2D eigenvalue weighted by Gasteiger charge is 2.68. The van der Waals surface area contributed by atoms with Crippen LogP contribution in [-0.2, 0) is 14.3 Å². The number of aliphatic hydroxyl groups is 3. The number of ether oxygens (including phenoxy) is 1. The van der Waals surface area contributed by atoms with Gasteiger partial charge in [-0.05, 0) is 6.42 Å². The van der Waals surface area contributed by atoms with Crippen molar-refractivity contribution in [2.45, 2.75) is 30.8 Å². The summed E-state index contributed by atoms with van der Waals surface area (Å²) in [7, 11) is 0. The summed E-state index contributed by atoms with van der Waals surface area (Å²) < 4.78 is 5.34. The first-order chi connectivity index (χ1) is 8.57. The van der Waals surface area contributed by atoms with Crippen LogP contribution in [0.15, 0.2) is 0 Å². The first-order valence-corrected chi connectivity index (χ1v) is 6.05. The molecule has 6 atom stereocenters. The average molecular weight is 257 g/mol. The van der Waals surface area contributed by atoms with E-state index >= 15 is 0 Å². The number of imide groups is 1. The molecule has 0 aromatic carbocycles. The van der Waals surface area contributed by atoms with Gasteiger partial charge >= 0.3 is 0 Å². The van der Waals surface area contributed by atoms with Crippen LogP contribution in [0.1, 0.15) is 6.42 Å². The molecule has 3 rings (SSSR count). The van der Waals surface area contributed by atoms with Crippen LogP contribution in [0.4, 0.5) is 0 Å². The summed E-state index contributed by atoms with van der Waals surface area (Å²) in [4.78, 5) is 25.3. The van der Waals surface area contributed by atoms with E-state index in [4.69, 9.17) is 9.84 Å². The average Bonchev–Trinajstić information content (AvgIpc) is 2.94. The zero-order valence-electron chi connectivity index (χ0n) is 9.60. The molecule has 2 amide bonds. The zero-order valence-corrected chi connectivity index (χ0v) is 9.60. The number of aliphatic hydroxyl groups excluding tert-OH is 3. The molecule has 0 aliphatic carbocycles. The molecule has 3 heterocycles. The largest absolute Gasteiger partial charge is 0.396 e. The third kappa shape index (κ3) is 1.33. The van der Waals surface area contributed by atoms with Crippen molar-refractivity contribution < 1.29 is 29.6 Å². The van der Waals surface area contributed by atoms with Gasteiger partial charge in [0, 0.05) is 13.2 Å². The Balaban J connectivity index is 1.85. The third-order valence-electron chi connectivity index (χ3n) is 4.07. The van der Waals surface area contributed by atoms with Crippen LogP contribution in [0.3, 0.4) is 0 Å². The van der Waals surface area contributed by atoms with Gasteiger partial charge in [-0.25, -0.2) is 0 Å². The summed E-state index contributed by atoms with van der Waals surface area (Å²) in [5.41, 5.74) is 0. The van der Waals surface area contributed by atoms with Crippen molar-refractivity contribution in [1.29, 1.82) is 0 Å². The zero-order chi connectivity index (χ0) is 13.0. The maximum absolute atomic E-state index is 12.1. The van der Waals surface area contributed by atoms with Crippen LogP contribution in [0.25, 0.3) is 0 Å². The second kappa shape index (κ2) is 3.99. The van der Waals surface area contributed by atoms with Gasteiger partial charge < -0.3 is 20.1 Å². The Morgan fingerprint density at radius 3 is 2.00 bits per heavy atom. The number of fused-ring (bicyclic) bond motifs is 5. The van der Waals surface area contributed by atoms with Crippen LogP contribution in [-0.4, -0.2) is 69.6 Å². The van der Waals surface area contributed by atoms with E-state index in [1.54, 1.807) is 0 Å². The second-order valence-electron chi connectivity index (χ2n) is 5.00. The van der Waals surface area contributed by atoms with Gasteiger partial charge in [-0.2, -0.15) is 0 Å². The molecule has 6 unspecified atom stereocenters. The number of amides is 2. The van der Waals surface area contributed by atoms with E-state index in [1.165, 1.54) is 0 Å². The topological polar surface area (TPSA) is 107 Å². The Morgan fingerprint density at radius 1 is 1.06 bits per heavy atom. The summed E-state index contributed by atoms with van der Waals surface area (Å²) in [6.45, 7) is 0.0772. The van der Waals surface area contributed by atoms with Gasteiger partial charge in [0.05, 0.1) is 24.0 Å². The number of likely N-dealkylation sites (tertiary alicyclic amines) is 1. The fourth-order valence-corrected chi connectivity index (χ4v) is 3.24. The van der Waals surface area contributed by atoms with Gasteiger partial charge in [-0.15, -0.1) is 0 Å². The molecule has 3 N–H and O–H groups in total. The molecule has 3 aliphatic rings. The van der Waals surface area contributed by atoms with Crippen LogP contribution in [0.2, 0.25) is 0 Å². The molecule has 3 aliphatic heterocycles. The highest BCUT2D eigenvalue weighted by atomic mass is 16.6. The molecule has 0 spiro atoms. The Labute approximate surface area is 103 Å². The van der Waals surface area contributed by atoms with Crippen LogP contribution in [0, 0.1) is 11.8 Å². The SMILES string of the molecule is O=C1C2C3OC(C(O)C3O)C2C(=O)N1CCCO. The van der Waals surface area contributed by atoms with Crippen molar-refractivity contribution in [1.82, 2.24) is 4.90 Å². The Morgan fingerprint density at radius 2 is 1.56 bits per heavy atom. The predicted molar refractivity (Wildman–Crippen MR) is 56.1 cm³/mol. The lowest BCUT2D eigenvalue weighted by atomic mass is 9.78. The maximum Gasteiger partial charge on any atom is 0.235 e. The van der Waals surface area contributed by atoms with Crippen LogP contribution in [0.5, 0.6) is 0 Å². The molecule has 100 valence electrons. The monoisotopic (exact) mass is 257 g/mol. The lowest BCUT2D eigenvalue weighted by Gasteiger charge is -2.25. The fraction of sp³-hybridized carbons (Fsp3) is 0.818. The smallest absolute Gasteiger partial charge is 0.235 e. The molecule has 0 saturated carbocycles. The van der Waals surface area contributed by atoms with Gasteiger partial charge in [0.2, 0.25) is 11.8 Å². The minimum Gasteiger partial charge on any atom is -0.396 e. The van der Waals surface area contributed by atoms with E-state index in [0.717, 1.165) is 4.90 Å². The van der Waals surface area contributed by atoms with E-state index in [-0.39, 0.29) is 25.0 Å². The molecular formula is C11H15NO6. The Hall–Kier alpha value is -1.02. The molecule has 3 saturated heterocycles. The first-order valence-electron chi connectivity index (χ1n) is 6.05. The van der Waals surface area contributed by atoms with Gasteiger partial charge in [-0.1, -0.05) is 0 Å². The predicted octanol–water partition coefficient (Wildman–Crippen LogP) is -2.53. The molecule has 0 radical (unpaired) electrons. The first kappa shape index (κ1) is 12.0. The number of rotatable bonds is 3. The molecular weight excluding hydrogens is 242 g/mol. The van der Waals surface area contributed by atoms with E-state index in [1.807, 2.05) is 0 Å². The minimum absolute atomic E-state index is 0.0962. The van der Waals surface area contributed by atoms with Crippen molar-refractivity contribution in [3.63, 3.8) is 0 Å². The van der Waals surface area contributed by atoms with Crippen molar-refractivity contribution in [3.05, 3.63) is 0 Å². The normalized spacial score (nSPS) is 46.1. The fourth-order valence-electron chi connectivity index (χ4n) is 3.24. The summed E-state index contributed by atoms with van der Waals surface area (Å²) in [6.07, 6.45) is -3.45. The van der Waals surface area contributed by atoms with E-state index in [0.29, 0.717) is 6.42 Å². The van der Waals surface area contributed by atoms with Crippen molar-refractivity contribution in [3.8, 4) is 0 Å². The van der Waals surface area contributed by atoms with E-state index in [2.05, 4.69) is 0 Å². The summed E-state index contributed by atoms with van der Waals surface area (Å²) in [6, 6.07) is 0. The minimum atomic E-state index is -1.11. The Bertz CT molecular complexity index is 367. The molecule has 0 aromatic heterocycles. The van der Waals surface area contributed by atoms with Crippen molar-refractivity contribution in [2.24, 2.45) is 11.8 Å². The van der Waals surface area contributed by atoms with E-state index in [9.17, 15) is 19.8 Å². The molecule has 7 nitrogen and oxygen atoms in total. The van der Waals surface area contributed by atoms with E-state index < -0.39 is 36.3 Å². The molecule has 18 heavy (non-hydrogen) atoms.